The Bertz CT molecular complexity index is 449. The molecule has 1 rings (SSSR count). The average molecular weight is 231 g/mol. The van der Waals surface area contributed by atoms with Crippen molar-refractivity contribution < 1.29 is 8.42 Å². The topological polar surface area (TPSA) is 34.1 Å². The lowest BCUT2D eigenvalue weighted by molar-refractivity contribution is 0.602. The first-order chi connectivity index (χ1) is 6.45. The quantitative estimate of drug-likeness (QED) is 0.748. The number of rotatable bonds is 3. The van der Waals surface area contributed by atoms with Gasteiger partial charge in [0.2, 0.25) is 0 Å². The largest absolute Gasteiger partial charge is 0.224 e. The fraction of sp³-hybridized carbons (Fsp3) is 0.200. The van der Waals surface area contributed by atoms with Gasteiger partial charge in [0, 0.05) is 11.3 Å². The van der Waals surface area contributed by atoms with Crippen molar-refractivity contribution >= 4 is 21.4 Å². The van der Waals surface area contributed by atoms with E-state index in [1.807, 2.05) is 0 Å². The molecule has 1 aromatic carbocycles. The summed E-state index contributed by atoms with van der Waals surface area (Å²) in [5, 5.41) is 0.466. The first-order valence-corrected chi connectivity index (χ1v) is 6.31. The van der Waals surface area contributed by atoms with Crippen LogP contribution >= 0.6 is 11.6 Å². The molecule has 4 heteroatoms. The average Bonchev–Trinajstić information content (AvgIpc) is 2.07. The maximum absolute atomic E-state index is 11.2. The lowest BCUT2D eigenvalue weighted by atomic mass is 10.1. The van der Waals surface area contributed by atoms with Crippen molar-refractivity contribution in [3.63, 3.8) is 0 Å². The summed E-state index contributed by atoms with van der Waals surface area (Å²) in [7, 11) is -3.17. The molecule has 0 heterocycles. The predicted octanol–water partition coefficient (Wildman–Crippen LogP) is 2.47. The SMILES string of the molecule is C=CCc1ccc(S(C)(=O)=O)cc1Cl. The molecule has 0 unspecified atom stereocenters. The highest BCUT2D eigenvalue weighted by Gasteiger charge is 2.08. The summed E-state index contributed by atoms with van der Waals surface area (Å²) in [4.78, 5) is 0.246. The molecule has 0 bridgehead atoms. The van der Waals surface area contributed by atoms with Gasteiger partial charge in [-0.15, -0.1) is 6.58 Å². The van der Waals surface area contributed by atoms with Crippen molar-refractivity contribution in [1.29, 1.82) is 0 Å². The Morgan fingerprint density at radius 3 is 2.57 bits per heavy atom. The molecule has 0 fully saturated rings. The molecule has 0 N–H and O–H groups in total. The van der Waals surface area contributed by atoms with E-state index in [4.69, 9.17) is 11.6 Å². The Balaban J connectivity index is 3.19. The lowest BCUT2D eigenvalue weighted by Gasteiger charge is -2.03. The van der Waals surface area contributed by atoms with Crippen LogP contribution in [0.15, 0.2) is 35.7 Å². The third-order valence-corrected chi connectivity index (χ3v) is 3.28. The van der Waals surface area contributed by atoms with Gasteiger partial charge < -0.3 is 0 Å². The summed E-state index contributed by atoms with van der Waals surface area (Å²) in [5.41, 5.74) is 0.883. The van der Waals surface area contributed by atoms with Crippen LogP contribution in [0.5, 0.6) is 0 Å². The molecule has 0 aliphatic carbocycles. The molecular formula is C10H11ClO2S. The van der Waals surface area contributed by atoms with E-state index in [9.17, 15) is 8.42 Å². The van der Waals surface area contributed by atoms with E-state index in [0.29, 0.717) is 11.4 Å². The lowest BCUT2D eigenvalue weighted by Crippen LogP contribution is -1.97. The molecule has 0 aliphatic rings. The van der Waals surface area contributed by atoms with Crippen molar-refractivity contribution in [1.82, 2.24) is 0 Å². The van der Waals surface area contributed by atoms with Gasteiger partial charge in [0.1, 0.15) is 0 Å². The fourth-order valence-corrected chi connectivity index (χ4v) is 2.05. The molecule has 0 spiro atoms. The summed E-state index contributed by atoms with van der Waals surface area (Å²) < 4.78 is 22.4. The van der Waals surface area contributed by atoms with Crippen LogP contribution in [0.1, 0.15) is 5.56 Å². The number of halogens is 1. The molecule has 1 aromatic rings. The van der Waals surface area contributed by atoms with Crippen molar-refractivity contribution in [3.8, 4) is 0 Å². The molecule has 0 radical (unpaired) electrons. The van der Waals surface area contributed by atoms with Crippen molar-refractivity contribution in [2.45, 2.75) is 11.3 Å². The smallest absolute Gasteiger partial charge is 0.175 e. The number of sulfone groups is 1. The van der Waals surface area contributed by atoms with Gasteiger partial charge in [-0.1, -0.05) is 23.7 Å². The molecule has 0 aromatic heterocycles. The molecule has 76 valence electrons. The highest BCUT2D eigenvalue weighted by molar-refractivity contribution is 7.90. The maximum atomic E-state index is 11.2. The van der Waals surface area contributed by atoms with Crippen LogP contribution in [0.3, 0.4) is 0 Å². The van der Waals surface area contributed by atoms with E-state index in [2.05, 4.69) is 6.58 Å². The van der Waals surface area contributed by atoms with Crippen molar-refractivity contribution in [2.24, 2.45) is 0 Å². The summed E-state index contributed by atoms with van der Waals surface area (Å²) in [6.45, 7) is 3.59. The van der Waals surface area contributed by atoms with Gasteiger partial charge >= 0.3 is 0 Å². The molecule has 0 aliphatic heterocycles. The zero-order chi connectivity index (χ0) is 10.8. The Morgan fingerprint density at radius 1 is 1.50 bits per heavy atom. The second kappa shape index (κ2) is 4.15. The zero-order valence-electron chi connectivity index (χ0n) is 7.83. The third kappa shape index (κ3) is 2.59. The van der Waals surface area contributed by atoms with Gasteiger partial charge in [0.25, 0.3) is 0 Å². The fourth-order valence-electron chi connectivity index (χ4n) is 1.08. The van der Waals surface area contributed by atoms with E-state index in [0.717, 1.165) is 11.8 Å². The second-order valence-corrected chi connectivity index (χ2v) is 5.44. The summed E-state index contributed by atoms with van der Waals surface area (Å²) in [6.07, 6.45) is 3.52. The molecule has 2 nitrogen and oxygen atoms in total. The number of hydrogen-bond acceptors (Lipinski definition) is 2. The summed E-state index contributed by atoms with van der Waals surface area (Å²) >= 11 is 5.90. The Hall–Kier alpha value is -0.800. The normalized spacial score (nSPS) is 11.3. The van der Waals surface area contributed by atoms with E-state index in [-0.39, 0.29) is 4.90 Å². The molecule has 0 saturated carbocycles. The van der Waals surface area contributed by atoms with Crippen LogP contribution in [0.2, 0.25) is 5.02 Å². The van der Waals surface area contributed by atoms with Crippen LogP contribution < -0.4 is 0 Å². The number of allylic oxidation sites excluding steroid dienone is 1. The zero-order valence-corrected chi connectivity index (χ0v) is 9.40. The van der Waals surface area contributed by atoms with Gasteiger partial charge in [0.05, 0.1) is 4.90 Å². The highest BCUT2D eigenvalue weighted by Crippen LogP contribution is 2.21. The first-order valence-electron chi connectivity index (χ1n) is 4.04. The Labute approximate surface area is 89.1 Å². The minimum absolute atomic E-state index is 0.246. The van der Waals surface area contributed by atoms with E-state index in [1.165, 1.54) is 6.07 Å². The second-order valence-electron chi connectivity index (χ2n) is 3.02. The van der Waals surface area contributed by atoms with Gasteiger partial charge in [-0.3, -0.25) is 0 Å². The standard InChI is InChI=1S/C10H11ClO2S/c1-3-4-8-5-6-9(7-10(8)11)14(2,12)13/h3,5-7H,1,4H2,2H3. The molecule has 14 heavy (non-hydrogen) atoms. The maximum Gasteiger partial charge on any atom is 0.175 e. The first kappa shape index (κ1) is 11.3. The van der Waals surface area contributed by atoms with Crippen LogP contribution in [0, 0.1) is 0 Å². The molecule has 0 amide bonds. The van der Waals surface area contributed by atoms with Crippen LogP contribution in [-0.2, 0) is 16.3 Å². The predicted molar refractivity (Wildman–Crippen MR) is 58.5 cm³/mol. The van der Waals surface area contributed by atoms with Gasteiger partial charge in [0.15, 0.2) is 9.84 Å². The molecule has 0 saturated heterocycles. The minimum atomic E-state index is -3.17. The summed E-state index contributed by atoms with van der Waals surface area (Å²) in [5.74, 6) is 0. The van der Waals surface area contributed by atoms with Crippen LogP contribution in [-0.4, -0.2) is 14.7 Å². The number of benzene rings is 1. The van der Waals surface area contributed by atoms with Gasteiger partial charge in [-0.25, -0.2) is 8.42 Å². The van der Waals surface area contributed by atoms with E-state index < -0.39 is 9.84 Å². The molecule has 0 atom stereocenters. The van der Waals surface area contributed by atoms with Gasteiger partial charge in [-0.05, 0) is 24.1 Å². The van der Waals surface area contributed by atoms with E-state index in [1.54, 1.807) is 18.2 Å². The van der Waals surface area contributed by atoms with Crippen molar-refractivity contribution in [3.05, 3.63) is 41.4 Å². The minimum Gasteiger partial charge on any atom is -0.224 e. The Morgan fingerprint density at radius 2 is 2.14 bits per heavy atom. The third-order valence-electron chi connectivity index (χ3n) is 1.82. The van der Waals surface area contributed by atoms with Crippen molar-refractivity contribution in [2.75, 3.05) is 6.26 Å². The number of hydrogen-bond donors (Lipinski definition) is 0. The monoisotopic (exact) mass is 230 g/mol. The summed E-state index contributed by atoms with van der Waals surface area (Å²) in [6, 6.07) is 4.73. The van der Waals surface area contributed by atoms with Crippen LogP contribution in [0.25, 0.3) is 0 Å². The van der Waals surface area contributed by atoms with Gasteiger partial charge in [-0.2, -0.15) is 0 Å². The van der Waals surface area contributed by atoms with Crippen LogP contribution in [0.4, 0.5) is 0 Å². The highest BCUT2D eigenvalue weighted by atomic mass is 35.5. The molecular weight excluding hydrogens is 220 g/mol. The Kier molecular flexibility index (Phi) is 3.34. The van der Waals surface area contributed by atoms with E-state index >= 15 is 0 Å².